The summed E-state index contributed by atoms with van der Waals surface area (Å²) < 4.78 is 0. The van der Waals surface area contributed by atoms with Crippen molar-refractivity contribution in [2.75, 3.05) is 6.54 Å². The third kappa shape index (κ3) is 2.64. The molecule has 1 saturated heterocycles. The zero-order valence-corrected chi connectivity index (χ0v) is 12.7. The zero-order valence-electron chi connectivity index (χ0n) is 12.7. The molecule has 0 aliphatic carbocycles. The fraction of sp³-hybridized carbons (Fsp3) is 0.412. The summed E-state index contributed by atoms with van der Waals surface area (Å²) in [6.45, 7) is 2.17. The molecule has 0 saturated carbocycles. The van der Waals surface area contributed by atoms with Crippen molar-refractivity contribution in [2.24, 2.45) is 5.73 Å². The van der Waals surface area contributed by atoms with Crippen LogP contribution in [0.4, 0.5) is 0 Å². The molecule has 3 rings (SSSR count). The number of likely N-dealkylation sites (tertiary alicyclic amines) is 1. The van der Waals surface area contributed by atoms with E-state index in [4.69, 9.17) is 5.73 Å². The van der Waals surface area contributed by atoms with Gasteiger partial charge in [-0.2, -0.15) is 0 Å². The minimum Gasteiger partial charge on any atom is -0.361 e. The first-order valence-corrected chi connectivity index (χ1v) is 7.69. The first-order chi connectivity index (χ1) is 10.6. The molecule has 5 nitrogen and oxygen atoms in total. The number of rotatable bonds is 4. The molecule has 1 unspecified atom stereocenters. The van der Waals surface area contributed by atoms with Gasteiger partial charge in [0.2, 0.25) is 5.91 Å². The van der Waals surface area contributed by atoms with Gasteiger partial charge in [0.1, 0.15) is 0 Å². The van der Waals surface area contributed by atoms with E-state index in [1.54, 1.807) is 11.8 Å². The predicted octanol–water partition coefficient (Wildman–Crippen LogP) is 1.62. The molecule has 3 N–H and O–H groups in total. The molecule has 1 aromatic heterocycles. The summed E-state index contributed by atoms with van der Waals surface area (Å²) in [5.41, 5.74) is 8.20. The Bertz CT molecular complexity index is 707. The first kappa shape index (κ1) is 14.8. The van der Waals surface area contributed by atoms with Gasteiger partial charge in [0.05, 0.1) is 12.1 Å². The fourth-order valence-corrected chi connectivity index (χ4v) is 3.29. The smallest absolute Gasteiger partial charge is 0.240 e. The summed E-state index contributed by atoms with van der Waals surface area (Å²) in [4.78, 5) is 29.0. The number of hydrogen-bond donors (Lipinski definition) is 2. The number of fused-ring (bicyclic) bond motifs is 1. The number of ketones is 1. The molecule has 2 aromatic rings. The highest BCUT2D eigenvalue weighted by molar-refractivity contribution is 5.91. The highest BCUT2D eigenvalue weighted by atomic mass is 16.2. The summed E-state index contributed by atoms with van der Waals surface area (Å²) >= 11 is 0. The maximum absolute atomic E-state index is 12.6. The van der Waals surface area contributed by atoms with Crippen molar-refractivity contribution in [1.29, 1.82) is 0 Å². The lowest BCUT2D eigenvalue weighted by molar-refractivity contribution is -0.137. The van der Waals surface area contributed by atoms with Crippen molar-refractivity contribution < 1.29 is 9.59 Å². The van der Waals surface area contributed by atoms with Crippen LogP contribution in [-0.4, -0.2) is 40.2 Å². The average molecular weight is 299 g/mol. The second-order valence-electron chi connectivity index (χ2n) is 5.97. The van der Waals surface area contributed by atoms with E-state index in [-0.39, 0.29) is 17.7 Å². The SMILES string of the molecule is CC(=O)C1CCCN1C(=O)[C@@H](N)Cc1c[nH]c2ccccc12. The van der Waals surface area contributed by atoms with Crippen LogP contribution in [-0.2, 0) is 16.0 Å². The molecule has 1 amide bonds. The third-order valence-corrected chi connectivity index (χ3v) is 4.44. The second kappa shape index (κ2) is 5.93. The number of para-hydroxylation sites is 1. The maximum Gasteiger partial charge on any atom is 0.240 e. The monoisotopic (exact) mass is 299 g/mol. The minimum absolute atomic E-state index is 0.0464. The standard InChI is InChI=1S/C17H21N3O2/c1-11(21)16-7-4-8-20(16)17(22)14(18)9-12-10-19-15-6-3-2-5-13(12)15/h2-3,5-6,10,14,16,19H,4,7-9,18H2,1H3/t14-,16?/m0/s1. The van der Waals surface area contributed by atoms with Crippen molar-refractivity contribution in [1.82, 2.24) is 9.88 Å². The summed E-state index contributed by atoms with van der Waals surface area (Å²) in [7, 11) is 0. The lowest BCUT2D eigenvalue weighted by Gasteiger charge is -2.25. The van der Waals surface area contributed by atoms with E-state index in [9.17, 15) is 9.59 Å². The Balaban J connectivity index is 1.75. The van der Waals surface area contributed by atoms with Gasteiger partial charge in [-0.1, -0.05) is 18.2 Å². The Kier molecular flexibility index (Phi) is 3.98. The van der Waals surface area contributed by atoms with Crippen molar-refractivity contribution in [3.05, 3.63) is 36.0 Å². The summed E-state index contributed by atoms with van der Waals surface area (Å²) in [6, 6.07) is 7.06. The van der Waals surface area contributed by atoms with Crippen LogP contribution in [0.1, 0.15) is 25.3 Å². The van der Waals surface area contributed by atoms with E-state index in [2.05, 4.69) is 4.98 Å². The van der Waals surface area contributed by atoms with E-state index < -0.39 is 6.04 Å². The number of H-pyrrole nitrogens is 1. The summed E-state index contributed by atoms with van der Waals surface area (Å²) in [5.74, 6) is -0.0758. The molecule has 2 heterocycles. The van der Waals surface area contributed by atoms with Crippen LogP contribution < -0.4 is 5.73 Å². The topological polar surface area (TPSA) is 79.2 Å². The van der Waals surface area contributed by atoms with E-state index in [1.807, 2.05) is 30.5 Å². The van der Waals surface area contributed by atoms with Gasteiger partial charge >= 0.3 is 0 Å². The fourth-order valence-electron chi connectivity index (χ4n) is 3.29. The van der Waals surface area contributed by atoms with Gasteiger partial charge in [-0.05, 0) is 37.8 Å². The number of aromatic amines is 1. The number of carbonyl (C=O) groups excluding carboxylic acids is 2. The molecular weight excluding hydrogens is 278 g/mol. The van der Waals surface area contributed by atoms with Crippen LogP contribution in [0.25, 0.3) is 10.9 Å². The van der Waals surface area contributed by atoms with Crippen LogP contribution in [0.3, 0.4) is 0 Å². The van der Waals surface area contributed by atoms with Crippen molar-refractivity contribution in [3.8, 4) is 0 Å². The highest BCUT2D eigenvalue weighted by Gasteiger charge is 2.34. The molecule has 0 spiro atoms. The van der Waals surface area contributed by atoms with Gasteiger partial charge in [0, 0.05) is 23.6 Å². The normalized spacial score (nSPS) is 19.5. The predicted molar refractivity (Wildman–Crippen MR) is 85.4 cm³/mol. The molecule has 116 valence electrons. The Morgan fingerprint density at radius 1 is 1.41 bits per heavy atom. The second-order valence-corrected chi connectivity index (χ2v) is 5.97. The minimum atomic E-state index is -0.612. The van der Waals surface area contributed by atoms with Crippen molar-refractivity contribution >= 4 is 22.6 Å². The number of nitrogens with one attached hydrogen (secondary N) is 1. The molecule has 1 aliphatic heterocycles. The van der Waals surface area contributed by atoms with Crippen molar-refractivity contribution in [2.45, 2.75) is 38.3 Å². The highest BCUT2D eigenvalue weighted by Crippen LogP contribution is 2.22. The molecule has 2 atom stereocenters. The molecule has 0 radical (unpaired) electrons. The zero-order chi connectivity index (χ0) is 15.7. The van der Waals surface area contributed by atoms with E-state index >= 15 is 0 Å². The lowest BCUT2D eigenvalue weighted by atomic mass is 10.0. The van der Waals surface area contributed by atoms with Crippen LogP contribution in [0, 0.1) is 0 Å². The number of amides is 1. The van der Waals surface area contributed by atoms with Gasteiger partial charge in [-0.3, -0.25) is 9.59 Å². The maximum atomic E-state index is 12.6. The van der Waals surface area contributed by atoms with Gasteiger partial charge < -0.3 is 15.6 Å². The number of nitrogens with two attached hydrogens (primary N) is 1. The molecule has 5 heteroatoms. The number of hydrogen-bond acceptors (Lipinski definition) is 3. The Morgan fingerprint density at radius 3 is 2.95 bits per heavy atom. The number of carbonyl (C=O) groups is 2. The van der Waals surface area contributed by atoms with Gasteiger partial charge in [-0.15, -0.1) is 0 Å². The first-order valence-electron chi connectivity index (χ1n) is 7.69. The summed E-state index contributed by atoms with van der Waals surface area (Å²) in [6.07, 6.45) is 4.00. The van der Waals surface area contributed by atoms with Crippen LogP contribution in [0.15, 0.2) is 30.5 Å². The third-order valence-electron chi connectivity index (χ3n) is 4.44. The number of nitrogens with zero attached hydrogens (tertiary/aromatic N) is 1. The molecular formula is C17H21N3O2. The molecule has 22 heavy (non-hydrogen) atoms. The largest absolute Gasteiger partial charge is 0.361 e. The Labute approximate surface area is 129 Å². The lowest BCUT2D eigenvalue weighted by Crippen LogP contribution is -2.48. The van der Waals surface area contributed by atoms with Crippen molar-refractivity contribution in [3.63, 3.8) is 0 Å². The van der Waals surface area contributed by atoms with E-state index in [0.29, 0.717) is 13.0 Å². The number of benzene rings is 1. The van der Waals surface area contributed by atoms with E-state index in [0.717, 1.165) is 29.3 Å². The molecule has 1 aromatic carbocycles. The van der Waals surface area contributed by atoms with Gasteiger partial charge in [-0.25, -0.2) is 0 Å². The summed E-state index contributed by atoms with van der Waals surface area (Å²) in [5, 5.41) is 1.09. The van der Waals surface area contributed by atoms with Crippen LogP contribution in [0.5, 0.6) is 0 Å². The molecule has 1 fully saturated rings. The van der Waals surface area contributed by atoms with Gasteiger partial charge in [0.15, 0.2) is 5.78 Å². The van der Waals surface area contributed by atoms with E-state index in [1.165, 1.54) is 0 Å². The number of aromatic nitrogens is 1. The van der Waals surface area contributed by atoms with Gasteiger partial charge in [0.25, 0.3) is 0 Å². The Morgan fingerprint density at radius 2 is 2.18 bits per heavy atom. The quantitative estimate of drug-likeness (QED) is 0.900. The average Bonchev–Trinajstić information content (AvgIpc) is 3.14. The van der Waals surface area contributed by atoms with Crippen LogP contribution in [0.2, 0.25) is 0 Å². The molecule has 0 bridgehead atoms. The molecule has 1 aliphatic rings. The number of Topliss-reactive ketones (excluding diaryl/α,β-unsaturated/α-hetero) is 1. The Hall–Kier alpha value is -2.14. The van der Waals surface area contributed by atoms with Crippen LogP contribution >= 0.6 is 0 Å².